The Hall–Kier alpha value is -1.62. The molecule has 3 aromatic rings. The average Bonchev–Trinajstić information content (AvgIpc) is 3.11. The van der Waals surface area contributed by atoms with Gasteiger partial charge in [-0.1, -0.05) is 25.1 Å². The van der Waals surface area contributed by atoms with E-state index in [0.29, 0.717) is 0 Å². The van der Waals surface area contributed by atoms with E-state index in [1.807, 2.05) is 12.1 Å². The van der Waals surface area contributed by atoms with Crippen LogP contribution >= 0.6 is 11.3 Å². The molecule has 4 heteroatoms. The van der Waals surface area contributed by atoms with Gasteiger partial charge in [0, 0.05) is 11.1 Å². The quantitative estimate of drug-likeness (QED) is 0.554. The first-order chi connectivity index (χ1) is 9.81. The third-order valence-corrected chi connectivity index (χ3v) is 4.57. The van der Waals surface area contributed by atoms with Crippen LogP contribution in [-0.2, 0) is 12.8 Å². The predicted octanol–water partition coefficient (Wildman–Crippen LogP) is 3.80. The lowest BCUT2D eigenvalue weighted by atomic mass is 10.0. The van der Waals surface area contributed by atoms with Crippen molar-refractivity contribution in [3.63, 3.8) is 0 Å². The second-order valence-electron chi connectivity index (χ2n) is 4.84. The smallest absolute Gasteiger partial charge is 0.122 e. The molecule has 0 saturated carbocycles. The second-order valence-corrected chi connectivity index (χ2v) is 5.75. The molecule has 2 heterocycles. The number of hydrogen-bond donors (Lipinski definition) is 2. The summed E-state index contributed by atoms with van der Waals surface area (Å²) in [5.41, 5.74) is 4.18. The van der Waals surface area contributed by atoms with E-state index in [0.717, 1.165) is 24.4 Å². The zero-order valence-corrected chi connectivity index (χ0v) is 12.2. The molecule has 0 spiro atoms. The summed E-state index contributed by atoms with van der Waals surface area (Å²) >= 11 is 1.77. The zero-order chi connectivity index (χ0) is 13.9. The van der Waals surface area contributed by atoms with Crippen LogP contribution < -0.4 is 11.3 Å². The van der Waals surface area contributed by atoms with Crippen LogP contribution in [0.2, 0.25) is 0 Å². The number of thiophene rings is 1. The first kappa shape index (κ1) is 13.4. The minimum Gasteiger partial charge on any atom is -0.464 e. The van der Waals surface area contributed by atoms with E-state index >= 15 is 0 Å². The number of rotatable bonds is 5. The molecule has 0 radical (unpaired) electrons. The Balaban J connectivity index is 1.87. The highest BCUT2D eigenvalue weighted by molar-refractivity contribution is 7.17. The van der Waals surface area contributed by atoms with E-state index in [4.69, 9.17) is 10.3 Å². The normalized spacial score (nSPS) is 12.9. The molecule has 1 atom stereocenters. The minimum atomic E-state index is 0.00769. The van der Waals surface area contributed by atoms with Crippen LogP contribution in [0.5, 0.6) is 0 Å². The zero-order valence-electron chi connectivity index (χ0n) is 11.4. The highest BCUT2D eigenvalue weighted by atomic mass is 32.1. The second kappa shape index (κ2) is 5.79. The van der Waals surface area contributed by atoms with Crippen LogP contribution in [0.4, 0.5) is 0 Å². The number of fused-ring (bicyclic) bond motifs is 1. The predicted molar refractivity (Wildman–Crippen MR) is 83.7 cm³/mol. The van der Waals surface area contributed by atoms with Crippen LogP contribution in [0.25, 0.3) is 10.1 Å². The Bertz CT molecular complexity index is 701. The highest BCUT2D eigenvalue weighted by Gasteiger charge is 2.16. The molecule has 1 aromatic carbocycles. The van der Waals surface area contributed by atoms with Crippen molar-refractivity contribution >= 4 is 21.4 Å². The maximum Gasteiger partial charge on any atom is 0.122 e. The fraction of sp³-hybridized carbons (Fsp3) is 0.250. The summed E-state index contributed by atoms with van der Waals surface area (Å²) in [5.74, 6) is 7.61. The van der Waals surface area contributed by atoms with E-state index in [-0.39, 0.29) is 6.04 Å². The van der Waals surface area contributed by atoms with Crippen molar-refractivity contribution in [2.45, 2.75) is 25.8 Å². The van der Waals surface area contributed by atoms with Gasteiger partial charge < -0.3 is 4.42 Å². The van der Waals surface area contributed by atoms with Gasteiger partial charge in [0.1, 0.15) is 11.5 Å². The number of hydrogen-bond acceptors (Lipinski definition) is 4. The maximum atomic E-state index is 5.81. The molecule has 0 amide bonds. The molecule has 0 aliphatic rings. The molecule has 0 aliphatic carbocycles. The molecule has 3 rings (SSSR count). The summed E-state index contributed by atoms with van der Waals surface area (Å²) in [6, 6.07) is 12.5. The van der Waals surface area contributed by atoms with Gasteiger partial charge in [-0.25, -0.2) is 5.43 Å². The minimum absolute atomic E-state index is 0.00769. The molecule has 0 fully saturated rings. The van der Waals surface area contributed by atoms with Gasteiger partial charge in [0.15, 0.2) is 0 Å². The number of hydrazine groups is 1. The third-order valence-electron chi connectivity index (χ3n) is 3.56. The van der Waals surface area contributed by atoms with Gasteiger partial charge >= 0.3 is 0 Å². The van der Waals surface area contributed by atoms with Crippen molar-refractivity contribution in [3.8, 4) is 0 Å². The molecular weight excluding hydrogens is 268 g/mol. The van der Waals surface area contributed by atoms with Gasteiger partial charge in [-0.05, 0) is 40.9 Å². The van der Waals surface area contributed by atoms with Gasteiger partial charge in [0.05, 0.1) is 6.04 Å². The van der Waals surface area contributed by atoms with E-state index in [9.17, 15) is 0 Å². The summed E-state index contributed by atoms with van der Waals surface area (Å²) in [6.07, 6.45) is 1.73. The van der Waals surface area contributed by atoms with Crippen molar-refractivity contribution < 1.29 is 4.42 Å². The summed E-state index contributed by atoms with van der Waals surface area (Å²) in [5, 5.41) is 3.51. The number of nitrogens with two attached hydrogens (primary N) is 1. The fourth-order valence-electron chi connectivity index (χ4n) is 2.42. The molecule has 0 saturated heterocycles. The first-order valence-electron chi connectivity index (χ1n) is 6.81. The standard InChI is InChI=1S/C16H18N2OS/c1-2-12-7-8-15(19-12)14(18-17)9-11-10-20-16-6-4-3-5-13(11)16/h3-8,10,14,18H,2,9,17H2,1H3. The molecule has 1 unspecified atom stereocenters. The lowest BCUT2D eigenvalue weighted by molar-refractivity contribution is 0.397. The van der Waals surface area contributed by atoms with Gasteiger partial charge in [-0.3, -0.25) is 5.84 Å². The summed E-state index contributed by atoms with van der Waals surface area (Å²) in [4.78, 5) is 0. The molecular formula is C16H18N2OS. The number of aryl methyl sites for hydroxylation is 1. The monoisotopic (exact) mass is 286 g/mol. The van der Waals surface area contributed by atoms with Crippen molar-refractivity contribution in [1.29, 1.82) is 0 Å². The van der Waals surface area contributed by atoms with Gasteiger partial charge in [-0.2, -0.15) is 0 Å². The molecule has 3 nitrogen and oxygen atoms in total. The van der Waals surface area contributed by atoms with Crippen LogP contribution in [0.1, 0.15) is 30.0 Å². The Morgan fingerprint density at radius 2 is 2.10 bits per heavy atom. The molecule has 0 aliphatic heterocycles. The molecule has 0 bridgehead atoms. The van der Waals surface area contributed by atoms with Gasteiger partial charge in [0.25, 0.3) is 0 Å². The van der Waals surface area contributed by atoms with E-state index in [1.54, 1.807) is 11.3 Å². The number of furan rings is 1. The van der Waals surface area contributed by atoms with Gasteiger partial charge in [-0.15, -0.1) is 11.3 Å². The van der Waals surface area contributed by atoms with Crippen LogP contribution in [0.15, 0.2) is 46.2 Å². The average molecular weight is 286 g/mol. The largest absolute Gasteiger partial charge is 0.464 e. The highest BCUT2D eigenvalue weighted by Crippen LogP contribution is 2.29. The van der Waals surface area contributed by atoms with E-state index < -0.39 is 0 Å². The van der Waals surface area contributed by atoms with Crippen LogP contribution in [0.3, 0.4) is 0 Å². The Morgan fingerprint density at radius 1 is 1.25 bits per heavy atom. The van der Waals surface area contributed by atoms with Crippen molar-refractivity contribution in [2.24, 2.45) is 5.84 Å². The fourth-order valence-corrected chi connectivity index (χ4v) is 3.40. The van der Waals surface area contributed by atoms with Crippen molar-refractivity contribution in [1.82, 2.24) is 5.43 Å². The van der Waals surface area contributed by atoms with Crippen molar-refractivity contribution in [3.05, 3.63) is 58.9 Å². The van der Waals surface area contributed by atoms with Crippen LogP contribution in [-0.4, -0.2) is 0 Å². The Kier molecular flexibility index (Phi) is 3.87. The SMILES string of the molecule is CCc1ccc(C(Cc2csc3ccccc23)NN)o1. The molecule has 20 heavy (non-hydrogen) atoms. The molecule has 104 valence electrons. The summed E-state index contributed by atoms with van der Waals surface area (Å²) in [6.45, 7) is 2.08. The number of benzene rings is 1. The Morgan fingerprint density at radius 3 is 2.85 bits per heavy atom. The van der Waals surface area contributed by atoms with Gasteiger partial charge in [0.2, 0.25) is 0 Å². The molecule has 2 aromatic heterocycles. The lowest BCUT2D eigenvalue weighted by Crippen LogP contribution is -2.29. The summed E-state index contributed by atoms with van der Waals surface area (Å²) < 4.78 is 7.12. The third kappa shape index (κ3) is 2.50. The first-order valence-corrected chi connectivity index (χ1v) is 7.69. The van der Waals surface area contributed by atoms with E-state index in [1.165, 1.54) is 15.6 Å². The maximum absolute atomic E-state index is 5.81. The summed E-state index contributed by atoms with van der Waals surface area (Å²) in [7, 11) is 0. The topological polar surface area (TPSA) is 51.2 Å². The Labute approximate surface area is 122 Å². The molecule has 3 N–H and O–H groups in total. The van der Waals surface area contributed by atoms with E-state index in [2.05, 4.69) is 42.0 Å². The van der Waals surface area contributed by atoms with Crippen LogP contribution in [0, 0.1) is 0 Å². The lowest BCUT2D eigenvalue weighted by Gasteiger charge is -2.13. The van der Waals surface area contributed by atoms with Crippen molar-refractivity contribution in [2.75, 3.05) is 0 Å². The number of nitrogens with one attached hydrogen (secondary N) is 1.